The first-order chi connectivity index (χ1) is 10.8. The molecule has 0 fully saturated rings. The number of hydrogen-bond acceptors (Lipinski definition) is 4. The Morgan fingerprint density at radius 1 is 1.09 bits per heavy atom. The predicted molar refractivity (Wildman–Crippen MR) is 87.9 cm³/mol. The summed E-state index contributed by atoms with van der Waals surface area (Å²) >= 11 is 0. The predicted octanol–water partition coefficient (Wildman–Crippen LogP) is 1.97. The van der Waals surface area contributed by atoms with Crippen LogP contribution >= 0.6 is 0 Å². The maximum atomic E-state index is 11.9. The highest BCUT2D eigenvalue weighted by Crippen LogP contribution is 2.22. The van der Waals surface area contributed by atoms with Crippen molar-refractivity contribution in [2.75, 3.05) is 11.9 Å². The summed E-state index contributed by atoms with van der Waals surface area (Å²) in [6, 6.07) is 11.3. The number of para-hydroxylation sites is 1. The van der Waals surface area contributed by atoms with Gasteiger partial charge in [-0.2, -0.15) is 0 Å². The minimum Gasteiger partial charge on any atom is -0.483 e. The average Bonchev–Trinajstić information content (AvgIpc) is 2.46. The molecular formula is C16H18N2O4S. The summed E-state index contributed by atoms with van der Waals surface area (Å²) in [5.74, 6) is 0.350. The molecule has 0 aliphatic rings. The van der Waals surface area contributed by atoms with E-state index < -0.39 is 10.0 Å². The Morgan fingerprint density at radius 3 is 2.17 bits per heavy atom. The number of primary sulfonamides is 1. The van der Waals surface area contributed by atoms with Gasteiger partial charge in [0.1, 0.15) is 5.75 Å². The van der Waals surface area contributed by atoms with Crippen molar-refractivity contribution >= 4 is 21.6 Å². The van der Waals surface area contributed by atoms with Gasteiger partial charge in [0.05, 0.1) is 4.90 Å². The van der Waals surface area contributed by atoms with Gasteiger partial charge >= 0.3 is 0 Å². The largest absolute Gasteiger partial charge is 0.483 e. The van der Waals surface area contributed by atoms with Crippen molar-refractivity contribution in [1.82, 2.24) is 0 Å². The Bertz CT molecular complexity index is 794. The summed E-state index contributed by atoms with van der Waals surface area (Å²) in [6.07, 6.45) is 0. The zero-order chi connectivity index (χ0) is 17.0. The van der Waals surface area contributed by atoms with E-state index in [1.165, 1.54) is 24.3 Å². The lowest BCUT2D eigenvalue weighted by Gasteiger charge is -2.12. The molecule has 0 bridgehead atoms. The SMILES string of the molecule is Cc1cccc(C)c1OCC(=O)Nc1ccc(S(N)(=O)=O)cc1. The van der Waals surface area contributed by atoms with Crippen LogP contribution in [0.4, 0.5) is 5.69 Å². The highest BCUT2D eigenvalue weighted by molar-refractivity contribution is 7.89. The molecule has 0 aliphatic carbocycles. The molecule has 7 heteroatoms. The topological polar surface area (TPSA) is 98.5 Å². The van der Waals surface area contributed by atoms with E-state index in [4.69, 9.17) is 9.88 Å². The van der Waals surface area contributed by atoms with E-state index >= 15 is 0 Å². The molecule has 6 nitrogen and oxygen atoms in total. The van der Waals surface area contributed by atoms with Crippen LogP contribution in [0.5, 0.6) is 5.75 Å². The summed E-state index contributed by atoms with van der Waals surface area (Å²) in [7, 11) is -3.74. The van der Waals surface area contributed by atoms with Crippen LogP contribution in [-0.2, 0) is 14.8 Å². The van der Waals surface area contributed by atoms with E-state index in [0.717, 1.165) is 11.1 Å². The first kappa shape index (κ1) is 17.0. The van der Waals surface area contributed by atoms with E-state index in [2.05, 4.69) is 5.32 Å². The number of nitrogens with one attached hydrogen (secondary N) is 1. The molecule has 1 amide bonds. The fraction of sp³-hybridized carbons (Fsp3) is 0.188. The number of nitrogens with two attached hydrogens (primary N) is 1. The number of sulfonamides is 1. The lowest BCUT2D eigenvalue weighted by atomic mass is 10.1. The molecule has 2 aromatic carbocycles. The number of carbonyl (C=O) groups excluding carboxylic acids is 1. The Hall–Kier alpha value is -2.38. The molecule has 2 aromatic rings. The van der Waals surface area contributed by atoms with Crippen LogP contribution in [0.25, 0.3) is 0 Å². The van der Waals surface area contributed by atoms with Crippen LogP contribution in [0.15, 0.2) is 47.4 Å². The maximum Gasteiger partial charge on any atom is 0.262 e. The van der Waals surface area contributed by atoms with Crippen LogP contribution < -0.4 is 15.2 Å². The van der Waals surface area contributed by atoms with Crippen molar-refractivity contribution in [2.45, 2.75) is 18.7 Å². The number of benzene rings is 2. The summed E-state index contributed by atoms with van der Waals surface area (Å²) in [5.41, 5.74) is 2.37. The van der Waals surface area contributed by atoms with Gasteiger partial charge in [0.15, 0.2) is 6.61 Å². The smallest absolute Gasteiger partial charge is 0.262 e. The van der Waals surface area contributed by atoms with Crippen molar-refractivity contribution < 1.29 is 17.9 Å². The lowest BCUT2D eigenvalue weighted by molar-refractivity contribution is -0.118. The van der Waals surface area contributed by atoms with Crippen LogP contribution in [-0.4, -0.2) is 20.9 Å². The summed E-state index contributed by atoms with van der Waals surface area (Å²) in [4.78, 5) is 11.9. The van der Waals surface area contributed by atoms with Crippen molar-refractivity contribution in [3.05, 3.63) is 53.6 Å². The molecule has 0 saturated carbocycles. The maximum absolute atomic E-state index is 11.9. The van der Waals surface area contributed by atoms with Gasteiger partial charge in [0.25, 0.3) is 5.91 Å². The van der Waals surface area contributed by atoms with E-state index in [9.17, 15) is 13.2 Å². The second kappa shape index (κ2) is 6.80. The van der Waals surface area contributed by atoms with E-state index in [1.807, 2.05) is 32.0 Å². The molecule has 0 saturated heterocycles. The number of ether oxygens (including phenoxy) is 1. The monoisotopic (exact) mass is 334 g/mol. The molecule has 122 valence electrons. The number of aryl methyl sites for hydroxylation is 2. The van der Waals surface area contributed by atoms with Gasteiger partial charge < -0.3 is 10.1 Å². The van der Waals surface area contributed by atoms with E-state index in [-0.39, 0.29) is 17.4 Å². The number of rotatable bonds is 5. The quantitative estimate of drug-likeness (QED) is 0.873. The number of carbonyl (C=O) groups is 1. The minimum absolute atomic E-state index is 0.0118. The molecule has 0 radical (unpaired) electrons. The summed E-state index contributed by atoms with van der Waals surface area (Å²) in [5, 5.41) is 7.64. The Kier molecular flexibility index (Phi) is 5.02. The molecule has 0 unspecified atom stereocenters. The molecular weight excluding hydrogens is 316 g/mol. The molecule has 0 atom stereocenters. The van der Waals surface area contributed by atoms with Crippen LogP contribution in [0.1, 0.15) is 11.1 Å². The average molecular weight is 334 g/mol. The minimum atomic E-state index is -3.74. The molecule has 0 spiro atoms. The zero-order valence-corrected chi connectivity index (χ0v) is 13.7. The second-order valence-electron chi connectivity index (χ2n) is 5.13. The first-order valence-corrected chi connectivity index (χ1v) is 8.44. The molecule has 2 rings (SSSR count). The van der Waals surface area contributed by atoms with Gasteiger partial charge in [-0.3, -0.25) is 4.79 Å². The number of hydrogen-bond donors (Lipinski definition) is 2. The second-order valence-corrected chi connectivity index (χ2v) is 6.69. The standard InChI is InChI=1S/C16H18N2O4S/c1-11-4-3-5-12(2)16(11)22-10-15(19)18-13-6-8-14(9-7-13)23(17,20)21/h3-9H,10H2,1-2H3,(H,18,19)(H2,17,20,21). The van der Waals surface area contributed by atoms with E-state index in [0.29, 0.717) is 11.4 Å². The lowest BCUT2D eigenvalue weighted by Crippen LogP contribution is -2.20. The van der Waals surface area contributed by atoms with Crippen molar-refractivity contribution in [2.24, 2.45) is 5.14 Å². The number of anilines is 1. The Balaban J connectivity index is 1.97. The summed E-state index contributed by atoms with van der Waals surface area (Å²) < 4.78 is 27.9. The molecule has 0 aliphatic heterocycles. The number of amides is 1. The molecule has 0 aromatic heterocycles. The highest BCUT2D eigenvalue weighted by Gasteiger charge is 2.10. The highest BCUT2D eigenvalue weighted by atomic mass is 32.2. The van der Waals surface area contributed by atoms with Crippen molar-refractivity contribution in [3.8, 4) is 5.75 Å². The Morgan fingerprint density at radius 2 is 1.65 bits per heavy atom. The van der Waals surface area contributed by atoms with Crippen LogP contribution in [0, 0.1) is 13.8 Å². The third-order valence-electron chi connectivity index (χ3n) is 3.22. The van der Waals surface area contributed by atoms with Gasteiger partial charge in [-0.25, -0.2) is 13.6 Å². The van der Waals surface area contributed by atoms with Gasteiger partial charge in [0.2, 0.25) is 10.0 Å². The van der Waals surface area contributed by atoms with Crippen molar-refractivity contribution in [3.63, 3.8) is 0 Å². The van der Waals surface area contributed by atoms with E-state index in [1.54, 1.807) is 0 Å². The Labute approximate surface area is 135 Å². The third kappa shape index (κ3) is 4.54. The summed E-state index contributed by atoms with van der Waals surface area (Å²) in [6.45, 7) is 3.68. The van der Waals surface area contributed by atoms with Gasteiger partial charge in [-0.15, -0.1) is 0 Å². The normalized spacial score (nSPS) is 11.1. The van der Waals surface area contributed by atoms with Crippen molar-refractivity contribution in [1.29, 1.82) is 0 Å². The first-order valence-electron chi connectivity index (χ1n) is 6.89. The third-order valence-corrected chi connectivity index (χ3v) is 4.15. The molecule has 0 heterocycles. The fourth-order valence-electron chi connectivity index (χ4n) is 2.09. The fourth-order valence-corrected chi connectivity index (χ4v) is 2.61. The van der Waals surface area contributed by atoms with Gasteiger partial charge in [-0.1, -0.05) is 18.2 Å². The van der Waals surface area contributed by atoms with Gasteiger partial charge in [0, 0.05) is 5.69 Å². The molecule has 3 N–H and O–H groups in total. The molecule has 23 heavy (non-hydrogen) atoms. The van der Waals surface area contributed by atoms with Gasteiger partial charge in [-0.05, 0) is 49.2 Å². The van der Waals surface area contributed by atoms with Crippen LogP contribution in [0.2, 0.25) is 0 Å². The van der Waals surface area contributed by atoms with Crippen LogP contribution in [0.3, 0.4) is 0 Å². The zero-order valence-electron chi connectivity index (χ0n) is 12.9.